The second-order valence-corrected chi connectivity index (χ2v) is 5.98. The molecule has 124 valence electrons. The molecule has 1 aromatic carbocycles. The molecule has 1 aromatic rings. The molecular weight excluding hydrogens is 294 g/mol. The van der Waals surface area contributed by atoms with Crippen LogP contribution in [0.5, 0.6) is 0 Å². The van der Waals surface area contributed by atoms with Crippen molar-refractivity contribution in [2.45, 2.75) is 32.5 Å². The molecule has 2 heterocycles. The Morgan fingerprint density at radius 1 is 1.13 bits per heavy atom. The fraction of sp³-hybridized carbons (Fsp3) is 0.529. The third-order valence-corrected chi connectivity index (χ3v) is 4.32. The zero-order valence-corrected chi connectivity index (χ0v) is 13.3. The molecule has 3 rings (SSSR count). The fourth-order valence-corrected chi connectivity index (χ4v) is 2.94. The van der Waals surface area contributed by atoms with Crippen molar-refractivity contribution in [3.63, 3.8) is 0 Å². The van der Waals surface area contributed by atoms with Crippen LogP contribution in [0.4, 0.5) is 0 Å². The Morgan fingerprint density at radius 2 is 1.91 bits per heavy atom. The molecular formula is C17H23N3O3. The van der Waals surface area contributed by atoms with Crippen LogP contribution in [-0.2, 0) is 34.0 Å². The van der Waals surface area contributed by atoms with E-state index in [-0.39, 0.29) is 24.7 Å². The van der Waals surface area contributed by atoms with Crippen molar-refractivity contribution in [3.05, 3.63) is 34.9 Å². The highest BCUT2D eigenvalue weighted by atomic mass is 16.5. The number of morpholine rings is 1. The summed E-state index contributed by atoms with van der Waals surface area (Å²) in [6, 6.07) is 6.29. The van der Waals surface area contributed by atoms with Gasteiger partial charge in [-0.25, -0.2) is 0 Å². The molecule has 6 heteroatoms. The van der Waals surface area contributed by atoms with E-state index in [9.17, 15) is 9.59 Å². The molecule has 0 atom stereocenters. The lowest BCUT2D eigenvalue weighted by molar-refractivity contribution is -0.137. The smallest absolute Gasteiger partial charge is 0.223 e. The van der Waals surface area contributed by atoms with Crippen LogP contribution >= 0.6 is 0 Å². The van der Waals surface area contributed by atoms with Gasteiger partial charge in [0.15, 0.2) is 0 Å². The van der Waals surface area contributed by atoms with E-state index in [0.29, 0.717) is 32.8 Å². The van der Waals surface area contributed by atoms with E-state index in [0.717, 1.165) is 18.7 Å². The SMILES string of the molecule is O=C(CCC(=O)N1CCOCC1)NCc1ccc2c(c1)CNC2. The molecule has 23 heavy (non-hydrogen) atoms. The maximum absolute atomic E-state index is 12.0. The first-order valence-corrected chi connectivity index (χ1v) is 8.16. The summed E-state index contributed by atoms with van der Waals surface area (Å²) in [6.45, 7) is 4.76. The first-order chi connectivity index (χ1) is 11.2. The number of fused-ring (bicyclic) bond motifs is 1. The van der Waals surface area contributed by atoms with Gasteiger partial charge in [-0.15, -0.1) is 0 Å². The standard InChI is InChI=1S/C17H23N3O3/c21-16(3-4-17(22)20-5-7-23-8-6-20)19-10-13-1-2-14-11-18-12-15(14)9-13/h1-2,9,18H,3-8,10-12H2,(H,19,21). The van der Waals surface area contributed by atoms with E-state index in [1.165, 1.54) is 11.1 Å². The highest BCUT2D eigenvalue weighted by molar-refractivity contribution is 5.83. The minimum atomic E-state index is -0.0785. The normalized spacial score (nSPS) is 17.0. The number of amides is 2. The Labute approximate surface area is 136 Å². The van der Waals surface area contributed by atoms with Gasteiger partial charge in [-0.05, 0) is 16.7 Å². The van der Waals surface area contributed by atoms with Gasteiger partial charge in [0.1, 0.15) is 0 Å². The Kier molecular flexibility index (Phi) is 5.25. The van der Waals surface area contributed by atoms with E-state index in [1.54, 1.807) is 4.90 Å². The van der Waals surface area contributed by atoms with Gasteiger partial charge < -0.3 is 20.3 Å². The van der Waals surface area contributed by atoms with Crippen LogP contribution in [0, 0.1) is 0 Å². The van der Waals surface area contributed by atoms with Crippen molar-refractivity contribution >= 4 is 11.8 Å². The first kappa shape index (κ1) is 16.0. The second-order valence-electron chi connectivity index (χ2n) is 5.98. The first-order valence-electron chi connectivity index (χ1n) is 8.16. The summed E-state index contributed by atoms with van der Waals surface area (Å²) in [5.74, 6) is -0.0442. The lowest BCUT2D eigenvalue weighted by atomic mass is 10.1. The summed E-state index contributed by atoms with van der Waals surface area (Å²) < 4.78 is 5.22. The van der Waals surface area contributed by atoms with Crippen molar-refractivity contribution in [1.82, 2.24) is 15.5 Å². The van der Waals surface area contributed by atoms with Gasteiger partial charge in [0, 0.05) is 45.6 Å². The highest BCUT2D eigenvalue weighted by Crippen LogP contribution is 2.16. The van der Waals surface area contributed by atoms with Crippen molar-refractivity contribution in [2.24, 2.45) is 0 Å². The minimum Gasteiger partial charge on any atom is -0.378 e. The van der Waals surface area contributed by atoms with Crippen LogP contribution in [0.1, 0.15) is 29.5 Å². The number of ether oxygens (including phenoxy) is 1. The third-order valence-electron chi connectivity index (χ3n) is 4.32. The molecule has 0 saturated carbocycles. The quantitative estimate of drug-likeness (QED) is 0.832. The summed E-state index contributed by atoms with van der Waals surface area (Å²) in [6.07, 6.45) is 0.503. The maximum atomic E-state index is 12.0. The Hall–Kier alpha value is -1.92. The number of hydrogen-bond acceptors (Lipinski definition) is 4. The van der Waals surface area contributed by atoms with Gasteiger partial charge in [0.25, 0.3) is 0 Å². The van der Waals surface area contributed by atoms with Gasteiger partial charge in [-0.3, -0.25) is 9.59 Å². The average Bonchev–Trinajstić information content (AvgIpc) is 3.06. The Morgan fingerprint density at radius 3 is 2.74 bits per heavy atom. The van der Waals surface area contributed by atoms with E-state index < -0.39 is 0 Å². The molecule has 6 nitrogen and oxygen atoms in total. The molecule has 2 N–H and O–H groups in total. The molecule has 1 fully saturated rings. The minimum absolute atomic E-state index is 0.0343. The van der Waals surface area contributed by atoms with E-state index in [1.807, 2.05) is 6.07 Å². The second kappa shape index (κ2) is 7.57. The third kappa shape index (κ3) is 4.30. The zero-order chi connectivity index (χ0) is 16.1. The molecule has 0 unspecified atom stereocenters. The largest absolute Gasteiger partial charge is 0.378 e. The Balaban J connectivity index is 1.40. The van der Waals surface area contributed by atoms with Crippen molar-refractivity contribution in [1.29, 1.82) is 0 Å². The van der Waals surface area contributed by atoms with Crippen molar-refractivity contribution < 1.29 is 14.3 Å². The van der Waals surface area contributed by atoms with Crippen LogP contribution in [0.3, 0.4) is 0 Å². The summed E-state index contributed by atoms with van der Waals surface area (Å²) in [5.41, 5.74) is 3.73. The highest BCUT2D eigenvalue weighted by Gasteiger charge is 2.17. The van der Waals surface area contributed by atoms with Crippen LogP contribution in [0.2, 0.25) is 0 Å². The van der Waals surface area contributed by atoms with E-state index in [4.69, 9.17) is 4.74 Å². The fourth-order valence-electron chi connectivity index (χ4n) is 2.94. The number of nitrogens with one attached hydrogen (secondary N) is 2. The molecule has 0 bridgehead atoms. The molecule has 1 saturated heterocycles. The topological polar surface area (TPSA) is 70.7 Å². The Bertz CT molecular complexity index is 582. The lowest BCUT2D eigenvalue weighted by Gasteiger charge is -2.26. The zero-order valence-electron chi connectivity index (χ0n) is 13.3. The maximum Gasteiger partial charge on any atom is 0.223 e. The predicted octanol–water partition coefficient (Wildman–Crippen LogP) is 0.545. The van der Waals surface area contributed by atoms with E-state index >= 15 is 0 Å². The van der Waals surface area contributed by atoms with Crippen LogP contribution in [0.25, 0.3) is 0 Å². The van der Waals surface area contributed by atoms with Crippen molar-refractivity contribution in [3.8, 4) is 0 Å². The number of hydrogen-bond donors (Lipinski definition) is 2. The lowest BCUT2D eigenvalue weighted by Crippen LogP contribution is -2.41. The summed E-state index contributed by atoms with van der Waals surface area (Å²) in [7, 11) is 0. The number of benzene rings is 1. The van der Waals surface area contributed by atoms with Crippen LogP contribution in [-0.4, -0.2) is 43.0 Å². The van der Waals surface area contributed by atoms with Crippen LogP contribution < -0.4 is 10.6 Å². The molecule has 0 radical (unpaired) electrons. The molecule has 2 aliphatic heterocycles. The molecule has 0 aliphatic carbocycles. The van der Waals surface area contributed by atoms with Gasteiger partial charge in [-0.1, -0.05) is 18.2 Å². The summed E-state index contributed by atoms with van der Waals surface area (Å²) in [5, 5.41) is 6.20. The molecule has 2 amide bonds. The number of nitrogens with zero attached hydrogens (tertiary/aromatic N) is 1. The van der Waals surface area contributed by atoms with Crippen molar-refractivity contribution in [2.75, 3.05) is 26.3 Å². The van der Waals surface area contributed by atoms with Gasteiger partial charge >= 0.3 is 0 Å². The number of rotatable bonds is 5. The monoisotopic (exact) mass is 317 g/mol. The summed E-state index contributed by atoms with van der Waals surface area (Å²) in [4.78, 5) is 25.7. The molecule has 0 spiro atoms. The average molecular weight is 317 g/mol. The number of carbonyl (C=O) groups excluding carboxylic acids is 2. The van der Waals surface area contributed by atoms with E-state index in [2.05, 4.69) is 22.8 Å². The molecule has 2 aliphatic rings. The van der Waals surface area contributed by atoms with Gasteiger partial charge in [0.2, 0.25) is 11.8 Å². The van der Waals surface area contributed by atoms with Gasteiger partial charge in [-0.2, -0.15) is 0 Å². The van der Waals surface area contributed by atoms with Gasteiger partial charge in [0.05, 0.1) is 13.2 Å². The van der Waals surface area contributed by atoms with Crippen LogP contribution in [0.15, 0.2) is 18.2 Å². The predicted molar refractivity (Wildman–Crippen MR) is 85.5 cm³/mol. The number of carbonyl (C=O) groups is 2. The summed E-state index contributed by atoms with van der Waals surface area (Å²) >= 11 is 0. The molecule has 0 aromatic heterocycles.